The average molecular weight is 261 g/mol. The van der Waals surface area contributed by atoms with Gasteiger partial charge < -0.3 is 10.3 Å². The van der Waals surface area contributed by atoms with Crippen molar-refractivity contribution in [2.75, 3.05) is 5.73 Å². The van der Waals surface area contributed by atoms with Crippen LogP contribution in [-0.2, 0) is 0 Å². The highest BCUT2D eigenvalue weighted by atomic mass is 16.5. The number of nitrogens with zero attached hydrogens (tertiary/aromatic N) is 2. The summed E-state index contributed by atoms with van der Waals surface area (Å²) < 4.78 is 5.38. The minimum Gasteiger partial charge on any atom is -0.380 e. The van der Waals surface area contributed by atoms with Gasteiger partial charge in [-0.25, -0.2) is 0 Å². The van der Waals surface area contributed by atoms with Crippen molar-refractivity contribution < 1.29 is 4.52 Å². The molecule has 2 N–H and O–H groups in total. The second-order valence-corrected chi connectivity index (χ2v) is 4.66. The van der Waals surface area contributed by atoms with Crippen molar-refractivity contribution in [3.05, 3.63) is 54.9 Å². The van der Waals surface area contributed by atoms with Crippen molar-refractivity contribution in [3.8, 4) is 11.1 Å². The third kappa shape index (κ3) is 1.48. The molecule has 4 aromatic rings. The van der Waals surface area contributed by atoms with Crippen LogP contribution >= 0.6 is 0 Å². The normalized spacial score (nSPS) is 11.2. The fourth-order valence-corrected chi connectivity index (χ4v) is 2.52. The van der Waals surface area contributed by atoms with Crippen molar-refractivity contribution in [3.63, 3.8) is 0 Å². The van der Waals surface area contributed by atoms with Crippen LogP contribution in [0.15, 0.2) is 59.4 Å². The lowest BCUT2D eigenvalue weighted by atomic mass is 9.99. The zero-order valence-electron chi connectivity index (χ0n) is 10.6. The second kappa shape index (κ2) is 4.06. The number of anilines is 1. The third-order valence-corrected chi connectivity index (χ3v) is 3.48. The summed E-state index contributed by atoms with van der Waals surface area (Å²) in [6, 6.07) is 14.0. The first kappa shape index (κ1) is 11.0. The molecule has 0 aliphatic carbocycles. The number of para-hydroxylation sites is 1. The van der Waals surface area contributed by atoms with Gasteiger partial charge in [0.2, 0.25) is 0 Å². The maximum Gasteiger partial charge on any atom is 0.176 e. The number of hydrogen-bond acceptors (Lipinski definition) is 4. The smallest absolute Gasteiger partial charge is 0.176 e. The van der Waals surface area contributed by atoms with Gasteiger partial charge in [0.25, 0.3) is 0 Å². The van der Waals surface area contributed by atoms with Crippen molar-refractivity contribution in [1.82, 2.24) is 10.1 Å². The van der Waals surface area contributed by atoms with Crippen LogP contribution in [0.1, 0.15) is 0 Å². The summed E-state index contributed by atoms with van der Waals surface area (Å²) in [5.41, 5.74) is 8.49. The lowest BCUT2D eigenvalue weighted by Crippen LogP contribution is -1.85. The largest absolute Gasteiger partial charge is 0.380 e. The molecule has 2 heterocycles. The minimum absolute atomic E-state index is 0.412. The first-order valence-corrected chi connectivity index (χ1v) is 6.31. The van der Waals surface area contributed by atoms with Gasteiger partial charge in [-0.1, -0.05) is 41.6 Å². The molecule has 4 rings (SSSR count). The van der Waals surface area contributed by atoms with Crippen LogP contribution < -0.4 is 5.73 Å². The van der Waals surface area contributed by atoms with Gasteiger partial charge in [0.15, 0.2) is 11.4 Å². The lowest BCUT2D eigenvalue weighted by Gasteiger charge is -2.06. The Balaban J connectivity index is 2.12. The molecular weight excluding hydrogens is 250 g/mol. The average Bonchev–Trinajstić information content (AvgIpc) is 2.88. The van der Waals surface area contributed by atoms with E-state index in [0.29, 0.717) is 11.4 Å². The summed E-state index contributed by atoms with van der Waals surface area (Å²) >= 11 is 0. The standard InChI is InChI=1S/C16H11N3O/c17-16-13-7-3-6-12(15(13)20-19-16)14-9-18-8-10-4-1-2-5-11(10)14/h1-9H,(H2,17,19). The summed E-state index contributed by atoms with van der Waals surface area (Å²) in [5.74, 6) is 0.412. The molecule has 0 atom stereocenters. The number of rotatable bonds is 1. The van der Waals surface area contributed by atoms with Gasteiger partial charge in [-0.2, -0.15) is 0 Å². The zero-order valence-corrected chi connectivity index (χ0v) is 10.6. The molecule has 4 heteroatoms. The molecule has 0 amide bonds. The van der Waals surface area contributed by atoms with E-state index in [-0.39, 0.29) is 0 Å². The fraction of sp³-hybridized carbons (Fsp3) is 0. The quantitative estimate of drug-likeness (QED) is 0.568. The van der Waals surface area contributed by atoms with Gasteiger partial charge in [0.05, 0.1) is 5.39 Å². The third-order valence-electron chi connectivity index (χ3n) is 3.48. The Bertz CT molecular complexity index is 922. The molecule has 0 aliphatic heterocycles. The van der Waals surface area contributed by atoms with E-state index >= 15 is 0 Å². The van der Waals surface area contributed by atoms with E-state index in [1.54, 1.807) is 0 Å². The molecule has 0 aliphatic rings. The Labute approximate surface area is 114 Å². The van der Waals surface area contributed by atoms with Gasteiger partial charge in [-0.3, -0.25) is 4.98 Å². The van der Waals surface area contributed by atoms with Gasteiger partial charge >= 0.3 is 0 Å². The molecule has 2 aromatic heterocycles. The van der Waals surface area contributed by atoms with E-state index < -0.39 is 0 Å². The SMILES string of the molecule is Nc1noc2c(-c3cncc4ccccc34)cccc12. The molecule has 0 saturated heterocycles. The molecule has 0 radical (unpaired) electrons. The molecule has 0 fully saturated rings. The number of benzene rings is 2. The van der Waals surface area contributed by atoms with E-state index in [9.17, 15) is 0 Å². The Morgan fingerprint density at radius 2 is 1.70 bits per heavy atom. The molecule has 0 spiro atoms. The van der Waals surface area contributed by atoms with E-state index in [1.165, 1.54) is 0 Å². The molecule has 96 valence electrons. The van der Waals surface area contributed by atoms with Crippen LogP contribution in [-0.4, -0.2) is 10.1 Å². The Morgan fingerprint density at radius 1 is 0.850 bits per heavy atom. The summed E-state index contributed by atoms with van der Waals surface area (Å²) in [4.78, 5) is 4.31. The van der Waals surface area contributed by atoms with Crippen LogP contribution in [0.2, 0.25) is 0 Å². The van der Waals surface area contributed by atoms with Crippen LogP contribution in [0, 0.1) is 0 Å². The van der Waals surface area contributed by atoms with E-state index in [1.807, 2.05) is 48.8 Å². The highest BCUT2D eigenvalue weighted by Crippen LogP contribution is 2.34. The van der Waals surface area contributed by atoms with Crippen LogP contribution in [0.3, 0.4) is 0 Å². The predicted molar refractivity (Wildman–Crippen MR) is 79.2 cm³/mol. The van der Waals surface area contributed by atoms with Crippen LogP contribution in [0.25, 0.3) is 32.9 Å². The van der Waals surface area contributed by atoms with Gasteiger partial charge in [0.1, 0.15) is 0 Å². The highest BCUT2D eigenvalue weighted by Gasteiger charge is 2.13. The van der Waals surface area contributed by atoms with Crippen molar-refractivity contribution >= 4 is 27.6 Å². The number of fused-ring (bicyclic) bond motifs is 2. The number of pyridine rings is 1. The predicted octanol–water partition coefficient (Wildman–Crippen LogP) is 3.63. The second-order valence-electron chi connectivity index (χ2n) is 4.66. The highest BCUT2D eigenvalue weighted by molar-refractivity contribution is 6.04. The van der Waals surface area contributed by atoms with Gasteiger partial charge in [-0.05, 0) is 11.5 Å². The maximum atomic E-state index is 5.82. The molecule has 0 bridgehead atoms. The molecule has 0 saturated carbocycles. The molecule has 4 nitrogen and oxygen atoms in total. The monoisotopic (exact) mass is 261 g/mol. The summed E-state index contributed by atoms with van der Waals surface area (Å²) in [6.07, 6.45) is 3.70. The Morgan fingerprint density at radius 3 is 2.65 bits per heavy atom. The van der Waals surface area contributed by atoms with Crippen molar-refractivity contribution in [2.24, 2.45) is 0 Å². The number of nitrogens with two attached hydrogens (primary N) is 1. The maximum absolute atomic E-state index is 5.82. The Kier molecular flexibility index (Phi) is 2.23. The number of nitrogen functional groups attached to an aromatic ring is 1. The molecule has 0 unspecified atom stereocenters. The topological polar surface area (TPSA) is 64.9 Å². The summed E-state index contributed by atoms with van der Waals surface area (Å²) in [7, 11) is 0. The number of hydrogen-bond donors (Lipinski definition) is 1. The van der Waals surface area contributed by atoms with Crippen molar-refractivity contribution in [2.45, 2.75) is 0 Å². The fourth-order valence-electron chi connectivity index (χ4n) is 2.52. The van der Waals surface area contributed by atoms with Crippen LogP contribution in [0.4, 0.5) is 5.82 Å². The van der Waals surface area contributed by atoms with Gasteiger partial charge in [0, 0.05) is 28.9 Å². The first-order chi connectivity index (χ1) is 9.84. The van der Waals surface area contributed by atoms with E-state index in [2.05, 4.69) is 16.2 Å². The van der Waals surface area contributed by atoms with Crippen LogP contribution in [0.5, 0.6) is 0 Å². The first-order valence-electron chi connectivity index (χ1n) is 6.31. The van der Waals surface area contributed by atoms with Crippen molar-refractivity contribution in [1.29, 1.82) is 0 Å². The van der Waals surface area contributed by atoms with E-state index in [0.717, 1.165) is 27.3 Å². The molecule has 20 heavy (non-hydrogen) atoms. The molecular formula is C16H11N3O. The lowest BCUT2D eigenvalue weighted by molar-refractivity contribution is 0.461. The number of aromatic nitrogens is 2. The minimum atomic E-state index is 0.412. The van der Waals surface area contributed by atoms with E-state index in [4.69, 9.17) is 10.3 Å². The molecule has 2 aromatic carbocycles. The summed E-state index contributed by atoms with van der Waals surface area (Å²) in [5, 5.41) is 6.90. The Hall–Kier alpha value is -2.88. The summed E-state index contributed by atoms with van der Waals surface area (Å²) in [6.45, 7) is 0. The van der Waals surface area contributed by atoms with Gasteiger partial charge in [-0.15, -0.1) is 0 Å². The zero-order chi connectivity index (χ0) is 13.5.